The number of amides is 1. The van der Waals surface area contributed by atoms with Gasteiger partial charge in [0.2, 0.25) is 0 Å². The van der Waals surface area contributed by atoms with E-state index in [4.69, 9.17) is 0 Å². The first-order chi connectivity index (χ1) is 13.8. The highest BCUT2D eigenvalue weighted by Crippen LogP contribution is 2.42. The number of benzene rings is 1. The third-order valence-corrected chi connectivity index (χ3v) is 7.19. The Kier molecular flexibility index (Phi) is 5.03. The van der Waals surface area contributed by atoms with Gasteiger partial charge in [0.1, 0.15) is 5.69 Å². The third kappa shape index (κ3) is 3.53. The van der Waals surface area contributed by atoms with Crippen LogP contribution in [0.3, 0.4) is 0 Å². The first kappa shape index (κ1) is 18.1. The number of hydrogen-bond acceptors (Lipinski definition) is 4. The number of carbonyl (C=O) groups excluding carboxylic acids is 1. The average molecular weight is 379 g/mol. The summed E-state index contributed by atoms with van der Waals surface area (Å²) in [6, 6.07) is 12.4. The minimum absolute atomic E-state index is 0.0364. The van der Waals surface area contributed by atoms with Crippen molar-refractivity contribution >= 4 is 16.8 Å². The van der Waals surface area contributed by atoms with Crippen LogP contribution in [0.4, 0.5) is 0 Å². The van der Waals surface area contributed by atoms with E-state index in [0.717, 1.165) is 61.1 Å². The highest BCUT2D eigenvalue weighted by atomic mass is 16.1. The molecule has 3 heterocycles. The van der Waals surface area contributed by atoms with Crippen molar-refractivity contribution in [1.82, 2.24) is 20.9 Å². The van der Waals surface area contributed by atoms with Crippen molar-refractivity contribution in [2.75, 3.05) is 19.6 Å². The van der Waals surface area contributed by atoms with Gasteiger partial charge in [0, 0.05) is 17.5 Å². The number of fused-ring (bicyclic) bond motifs is 3. The lowest BCUT2D eigenvalue weighted by Gasteiger charge is -2.35. The minimum Gasteiger partial charge on any atom is -0.346 e. The van der Waals surface area contributed by atoms with Crippen molar-refractivity contribution in [3.63, 3.8) is 0 Å². The Morgan fingerprint density at radius 3 is 2.71 bits per heavy atom. The molecule has 5 nitrogen and oxygen atoms in total. The number of nitrogens with zero attached hydrogens (tertiary/aromatic N) is 1. The number of rotatable bonds is 5. The van der Waals surface area contributed by atoms with Crippen molar-refractivity contribution in [1.29, 1.82) is 0 Å². The van der Waals surface area contributed by atoms with Crippen LogP contribution in [0.25, 0.3) is 10.9 Å². The molecule has 3 unspecified atom stereocenters. The molecule has 1 saturated carbocycles. The number of piperidine rings is 1. The van der Waals surface area contributed by atoms with Crippen LogP contribution in [0, 0.1) is 17.8 Å². The maximum Gasteiger partial charge on any atom is 0.270 e. The molecular formula is C23H30N4O. The predicted octanol–water partition coefficient (Wildman–Crippen LogP) is 2.72. The van der Waals surface area contributed by atoms with Gasteiger partial charge in [-0.25, -0.2) is 4.98 Å². The molecule has 28 heavy (non-hydrogen) atoms. The van der Waals surface area contributed by atoms with E-state index < -0.39 is 0 Å². The Hall–Kier alpha value is -1.98. The summed E-state index contributed by atoms with van der Waals surface area (Å²) in [7, 11) is 0. The van der Waals surface area contributed by atoms with E-state index in [-0.39, 0.29) is 11.9 Å². The lowest BCUT2D eigenvalue weighted by molar-refractivity contribution is 0.0904. The maximum absolute atomic E-state index is 13.1. The molecule has 1 aromatic heterocycles. The Balaban J connectivity index is 1.34. The third-order valence-electron chi connectivity index (χ3n) is 7.19. The van der Waals surface area contributed by atoms with Crippen molar-refractivity contribution in [3.8, 4) is 0 Å². The molecule has 3 fully saturated rings. The van der Waals surface area contributed by atoms with Gasteiger partial charge in [0.25, 0.3) is 5.91 Å². The summed E-state index contributed by atoms with van der Waals surface area (Å²) in [6.45, 7) is 3.35. The van der Waals surface area contributed by atoms with Crippen molar-refractivity contribution in [2.24, 2.45) is 17.8 Å². The van der Waals surface area contributed by atoms with Gasteiger partial charge in [-0.1, -0.05) is 24.3 Å². The van der Waals surface area contributed by atoms with E-state index in [2.05, 4.69) is 20.9 Å². The molecule has 148 valence electrons. The largest absolute Gasteiger partial charge is 0.346 e. The van der Waals surface area contributed by atoms with Crippen LogP contribution in [0.2, 0.25) is 0 Å². The molecule has 4 atom stereocenters. The fourth-order valence-corrected chi connectivity index (χ4v) is 5.69. The van der Waals surface area contributed by atoms with Gasteiger partial charge in [-0.2, -0.15) is 0 Å². The van der Waals surface area contributed by atoms with Crippen molar-refractivity contribution < 1.29 is 4.79 Å². The topological polar surface area (TPSA) is 66.1 Å². The minimum atomic E-state index is -0.0364. The van der Waals surface area contributed by atoms with Gasteiger partial charge in [-0.3, -0.25) is 4.79 Å². The Morgan fingerprint density at radius 2 is 1.93 bits per heavy atom. The van der Waals surface area contributed by atoms with Crippen LogP contribution in [0.1, 0.15) is 42.6 Å². The molecule has 3 N–H and O–H groups in total. The van der Waals surface area contributed by atoms with Crippen LogP contribution < -0.4 is 16.0 Å². The van der Waals surface area contributed by atoms with Crippen molar-refractivity contribution in [2.45, 2.75) is 44.2 Å². The van der Waals surface area contributed by atoms with E-state index in [9.17, 15) is 4.79 Å². The second-order valence-corrected chi connectivity index (χ2v) is 8.83. The zero-order chi connectivity index (χ0) is 18.9. The van der Waals surface area contributed by atoms with E-state index >= 15 is 0 Å². The molecule has 5 rings (SSSR count). The van der Waals surface area contributed by atoms with Crippen LogP contribution in [-0.4, -0.2) is 42.6 Å². The van der Waals surface area contributed by atoms with Crippen LogP contribution in [-0.2, 0) is 0 Å². The summed E-state index contributed by atoms with van der Waals surface area (Å²) in [5.41, 5.74) is 1.40. The number of aromatic nitrogens is 1. The number of para-hydroxylation sites is 1. The van der Waals surface area contributed by atoms with Gasteiger partial charge in [0.05, 0.1) is 5.52 Å². The fourth-order valence-electron chi connectivity index (χ4n) is 5.69. The fraction of sp³-hybridized carbons (Fsp3) is 0.565. The van der Waals surface area contributed by atoms with E-state index in [1.807, 2.05) is 36.4 Å². The average Bonchev–Trinajstić information content (AvgIpc) is 3.32. The number of pyridine rings is 1. The Morgan fingerprint density at radius 1 is 1.11 bits per heavy atom. The molecule has 1 aromatic carbocycles. The summed E-state index contributed by atoms with van der Waals surface area (Å²) in [5.74, 6) is 2.25. The number of hydrogen-bond donors (Lipinski definition) is 3. The second kappa shape index (κ2) is 7.80. The summed E-state index contributed by atoms with van der Waals surface area (Å²) >= 11 is 0. The Labute approximate surface area is 166 Å². The van der Waals surface area contributed by atoms with Crippen LogP contribution >= 0.6 is 0 Å². The molecule has 2 aliphatic heterocycles. The molecule has 1 aliphatic carbocycles. The number of carbonyl (C=O) groups is 1. The Bertz CT molecular complexity index is 831. The molecule has 2 aromatic rings. The monoisotopic (exact) mass is 378 g/mol. The number of nitrogens with one attached hydrogen (secondary N) is 3. The molecule has 2 saturated heterocycles. The first-order valence-corrected chi connectivity index (χ1v) is 10.9. The lowest BCUT2D eigenvalue weighted by Crippen LogP contribution is -2.50. The standard InChI is InChI=1S/C23H30N4O/c28-23(21-10-9-15-4-1-2-5-19(15)26-21)27-22(20-6-3-11-25-20)12-18-16-7-8-17(18)14-24-13-16/h1-2,4-5,9-10,16-18,20,22,24-25H,3,6-8,11-14H2,(H,27,28)/t16?,17?,18?,20-,22?/m0/s1. The maximum atomic E-state index is 13.1. The van der Waals surface area contributed by atoms with Crippen molar-refractivity contribution in [3.05, 3.63) is 42.1 Å². The SMILES string of the molecule is O=C(NC(CC1C2CCC1CNC2)[C@@H]1CCCN1)c1ccc2ccccc2n1. The molecule has 3 aliphatic rings. The quantitative estimate of drug-likeness (QED) is 0.748. The summed E-state index contributed by atoms with van der Waals surface area (Å²) < 4.78 is 0. The molecular weight excluding hydrogens is 348 g/mol. The lowest BCUT2D eigenvalue weighted by atomic mass is 9.80. The molecule has 5 heteroatoms. The molecule has 0 radical (unpaired) electrons. The zero-order valence-corrected chi connectivity index (χ0v) is 16.4. The second-order valence-electron chi connectivity index (χ2n) is 8.83. The summed E-state index contributed by atoms with van der Waals surface area (Å²) in [6.07, 6.45) is 6.12. The van der Waals surface area contributed by atoms with Gasteiger partial charge < -0.3 is 16.0 Å². The van der Waals surface area contributed by atoms with Gasteiger partial charge >= 0.3 is 0 Å². The predicted molar refractivity (Wildman–Crippen MR) is 111 cm³/mol. The van der Waals surface area contributed by atoms with Gasteiger partial charge in [-0.15, -0.1) is 0 Å². The van der Waals surface area contributed by atoms with E-state index in [1.54, 1.807) is 0 Å². The van der Waals surface area contributed by atoms with Crippen LogP contribution in [0.5, 0.6) is 0 Å². The summed E-state index contributed by atoms with van der Waals surface area (Å²) in [4.78, 5) is 17.7. The molecule has 1 amide bonds. The smallest absolute Gasteiger partial charge is 0.270 e. The first-order valence-electron chi connectivity index (χ1n) is 10.9. The van der Waals surface area contributed by atoms with Gasteiger partial charge in [0.15, 0.2) is 0 Å². The zero-order valence-electron chi connectivity index (χ0n) is 16.4. The van der Waals surface area contributed by atoms with Gasteiger partial charge in [-0.05, 0) is 81.6 Å². The molecule has 2 bridgehead atoms. The summed E-state index contributed by atoms with van der Waals surface area (Å²) in [5, 5.41) is 11.7. The normalized spacial score (nSPS) is 30.4. The van der Waals surface area contributed by atoms with E-state index in [0.29, 0.717) is 11.7 Å². The molecule has 0 spiro atoms. The highest BCUT2D eigenvalue weighted by molar-refractivity contribution is 5.95. The highest BCUT2D eigenvalue weighted by Gasteiger charge is 2.41. The van der Waals surface area contributed by atoms with Crippen LogP contribution in [0.15, 0.2) is 36.4 Å². The van der Waals surface area contributed by atoms with E-state index in [1.165, 1.54) is 19.3 Å².